The Kier molecular flexibility index (Phi) is 10.3. The van der Waals surface area contributed by atoms with Gasteiger partial charge in [-0.1, -0.05) is 61.0 Å². The summed E-state index contributed by atoms with van der Waals surface area (Å²) >= 11 is 6.11. The fraction of sp³-hybridized carbons (Fsp3) is 0.455. The van der Waals surface area contributed by atoms with Crippen molar-refractivity contribution in [2.75, 3.05) is 52.5 Å². The molecule has 0 aliphatic carbocycles. The molecule has 41 heavy (non-hydrogen) atoms. The summed E-state index contributed by atoms with van der Waals surface area (Å²) in [6, 6.07) is 21.5. The molecule has 0 spiro atoms. The third kappa shape index (κ3) is 7.86. The molecule has 2 fully saturated rings. The standard InChI is InChI=1S/C33H41ClN4O3/c1-2-24(25-6-4-3-5-7-25)23-38-15-12-30(36-31(33(38)40)13-14-37-16-18-41-19-17-37)22-35-32(39)28-9-8-27-21-29(34)11-10-26(27)20-28/h3-11,20-21,24,30-31,36H,2,12-19,22-23H2,1H3,(H,35,39)/t24?,30-,31-/m0/s1. The van der Waals surface area contributed by atoms with E-state index in [4.69, 9.17) is 16.3 Å². The molecule has 0 bridgehead atoms. The summed E-state index contributed by atoms with van der Waals surface area (Å²) in [6.07, 6.45) is 2.48. The Bertz CT molecular complexity index is 1310. The van der Waals surface area contributed by atoms with Gasteiger partial charge in [0.15, 0.2) is 0 Å². The summed E-state index contributed by atoms with van der Waals surface area (Å²) in [5.41, 5.74) is 1.88. The third-order valence-corrected chi connectivity index (χ3v) is 8.64. The average molecular weight is 577 g/mol. The van der Waals surface area contributed by atoms with Crippen molar-refractivity contribution in [2.45, 2.75) is 44.2 Å². The molecule has 3 aromatic carbocycles. The highest BCUT2D eigenvalue weighted by molar-refractivity contribution is 6.31. The zero-order valence-electron chi connectivity index (χ0n) is 23.9. The summed E-state index contributed by atoms with van der Waals surface area (Å²) in [4.78, 5) is 31.4. The van der Waals surface area contributed by atoms with Crippen molar-refractivity contribution in [1.29, 1.82) is 0 Å². The number of nitrogens with zero attached hydrogens (tertiary/aromatic N) is 2. The highest BCUT2D eigenvalue weighted by Gasteiger charge is 2.32. The largest absolute Gasteiger partial charge is 0.379 e. The van der Waals surface area contributed by atoms with Gasteiger partial charge in [0.1, 0.15) is 0 Å². The zero-order valence-corrected chi connectivity index (χ0v) is 24.6. The first-order valence-corrected chi connectivity index (χ1v) is 15.3. The van der Waals surface area contributed by atoms with Gasteiger partial charge < -0.3 is 20.3 Å². The number of hydrogen-bond acceptors (Lipinski definition) is 5. The minimum Gasteiger partial charge on any atom is -0.379 e. The van der Waals surface area contributed by atoms with Crippen LogP contribution in [0, 0.1) is 0 Å². The lowest BCUT2D eigenvalue weighted by Crippen LogP contribution is -2.50. The summed E-state index contributed by atoms with van der Waals surface area (Å²) in [5, 5.41) is 9.41. The Morgan fingerprint density at radius 1 is 1.05 bits per heavy atom. The molecule has 2 N–H and O–H groups in total. The number of hydrogen-bond donors (Lipinski definition) is 2. The zero-order chi connectivity index (χ0) is 28.6. The monoisotopic (exact) mass is 576 g/mol. The summed E-state index contributed by atoms with van der Waals surface area (Å²) in [6.45, 7) is 8.14. The van der Waals surface area contributed by atoms with Crippen molar-refractivity contribution in [3.05, 3.63) is 82.9 Å². The summed E-state index contributed by atoms with van der Waals surface area (Å²) in [5.74, 6) is 0.338. The van der Waals surface area contributed by atoms with E-state index >= 15 is 0 Å². The Morgan fingerprint density at radius 2 is 1.80 bits per heavy atom. The first kappa shape index (κ1) is 29.5. The van der Waals surface area contributed by atoms with Crippen molar-refractivity contribution in [2.24, 2.45) is 0 Å². The first-order valence-electron chi connectivity index (χ1n) is 14.9. The van der Waals surface area contributed by atoms with E-state index in [0.717, 1.165) is 62.9 Å². The van der Waals surface area contributed by atoms with E-state index in [9.17, 15) is 9.59 Å². The molecule has 0 aromatic heterocycles. The molecule has 218 valence electrons. The first-order chi connectivity index (χ1) is 20.0. The van der Waals surface area contributed by atoms with Gasteiger partial charge in [-0.3, -0.25) is 14.5 Å². The van der Waals surface area contributed by atoms with Gasteiger partial charge in [0.25, 0.3) is 5.91 Å². The Morgan fingerprint density at radius 3 is 2.59 bits per heavy atom. The smallest absolute Gasteiger partial charge is 0.251 e. The molecule has 0 radical (unpaired) electrons. The predicted octanol–water partition coefficient (Wildman–Crippen LogP) is 4.70. The van der Waals surface area contributed by atoms with Crippen LogP contribution in [0.3, 0.4) is 0 Å². The number of benzene rings is 3. The van der Waals surface area contributed by atoms with Crippen molar-refractivity contribution in [3.63, 3.8) is 0 Å². The second-order valence-corrected chi connectivity index (χ2v) is 11.6. The van der Waals surface area contributed by atoms with Gasteiger partial charge in [0, 0.05) is 61.8 Å². The Balaban J connectivity index is 1.26. The van der Waals surface area contributed by atoms with Crippen LogP contribution in [0.4, 0.5) is 0 Å². The molecular weight excluding hydrogens is 536 g/mol. The van der Waals surface area contributed by atoms with Crippen LogP contribution in [0.2, 0.25) is 5.02 Å². The van der Waals surface area contributed by atoms with E-state index in [-0.39, 0.29) is 23.9 Å². The second kappa shape index (κ2) is 14.3. The second-order valence-electron chi connectivity index (χ2n) is 11.2. The molecule has 2 amide bonds. The lowest BCUT2D eigenvalue weighted by atomic mass is 9.95. The molecule has 2 heterocycles. The number of amides is 2. The predicted molar refractivity (Wildman–Crippen MR) is 165 cm³/mol. The van der Waals surface area contributed by atoms with Crippen LogP contribution in [0.5, 0.6) is 0 Å². The lowest BCUT2D eigenvalue weighted by Gasteiger charge is -2.31. The molecule has 5 rings (SSSR count). The SMILES string of the molecule is CCC(CN1CC[C@@H](CNC(=O)c2ccc3cc(Cl)ccc3c2)N[C@@H](CCN2CCOCC2)C1=O)c1ccccc1. The Hall–Kier alpha value is -2.97. The molecule has 8 heteroatoms. The highest BCUT2D eigenvalue weighted by Crippen LogP contribution is 2.23. The summed E-state index contributed by atoms with van der Waals surface area (Å²) in [7, 11) is 0. The van der Waals surface area contributed by atoms with Crippen LogP contribution in [-0.2, 0) is 9.53 Å². The number of nitrogens with one attached hydrogen (secondary N) is 2. The number of ether oxygens (including phenoxy) is 1. The van der Waals surface area contributed by atoms with Gasteiger partial charge in [-0.25, -0.2) is 0 Å². The van der Waals surface area contributed by atoms with Gasteiger partial charge in [-0.15, -0.1) is 0 Å². The molecule has 0 saturated carbocycles. The van der Waals surface area contributed by atoms with E-state index < -0.39 is 0 Å². The molecule has 1 unspecified atom stereocenters. The number of carbonyl (C=O) groups excluding carboxylic acids is 2. The van der Waals surface area contributed by atoms with E-state index in [2.05, 4.69) is 51.6 Å². The van der Waals surface area contributed by atoms with Crippen LogP contribution in [0.15, 0.2) is 66.7 Å². The topological polar surface area (TPSA) is 73.9 Å². The van der Waals surface area contributed by atoms with Crippen LogP contribution in [0.25, 0.3) is 10.8 Å². The van der Waals surface area contributed by atoms with Gasteiger partial charge in [-0.05, 0) is 59.9 Å². The van der Waals surface area contributed by atoms with Crippen LogP contribution < -0.4 is 10.6 Å². The van der Waals surface area contributed by atoms with E-state index in [1.165, 1.54) is 5.56 Å². The molecule has 3 atom stereocenters. The lowest BCUT2D eigenvalue weighted by molar-refractivity contribution is -0.133. The molecule has 2 saturated heterocycles. The van der Waals surface area contributed by atoms with Crippen molar-refractivity contribution in [3.8, 4) is 0 Å². The number of morpholine rings is 1. The van der Waals surface area contributed by atoms with E-state index in [1.54, 1.807) is 0 Å². The van der Waals surface area contributed by atoms with Gasteiger partial charge in [0.05, 0.1) is 19.3 Å². The van der Waals surface area contributed by atoms with Gasteiger partial charge in [0.2, 0.25) is 5.91 Å². The average Bonchev–Trinajstić information content (AvgIpc) is 3.16. The maximum atomic E-state index is 13.9. The van der Waals surface area contributed by atoms with Gasteiger partial charge >= 0.3 is 0 Å². The quantitative estimate of drug-likeness (QED) is 0.366. The molecule has 2 aliphatic rings. The maximum Gasteiger partial charge on any atom is 0.251 e. The van der Waals surface area contributed by atoms with Crippen LogP contribution >= 0.6 is 11.6 Å². The minimum atomic E-state index is -0.291. The fourth-order valence-electron chi connectivity index (χ4n) is 5.90. The fourth-order valence-corrected chi connectivity index (χ4v) is 6.08. The van der Waals surface area contributed by atoms with Crippen LogP contribution in [0.1, 0.15) is 48.0 Å². The number of halogens is 1. The normalized spacial score (nSPS) is 21.0. The van der Waals surface area contributed by atoms with Gasteiger partial charge in [-0.2, -0.15) is 0 Å². The Labute approximate surface area is 248 Å². The maximum absolute atomic E-state index is 13.9. The van der Waals surface area contributed by atoms with Crippen molar-refractivity contribution < 1.29 is 14.3 Å². The van der Waals surface area contributed by atoms with Crippen molar-refractivity contribution in [1.82, 2.24) is 20.4 Å². The molecule has 7 nitrogen and oxygen atoms in total. The molecule has 2 aliphatic heterocycles. The third-order valence-electron chi connectivity index (χ3n) is 8.41. The van der Waals surface area contributed by atoms with E-state index in [1.807, 2.05) is 42.5 Å². The molecular formula is C33H41ClN4O3. The van der Waals surface area contributed by atoms with Crippen LogP contribution in [-0.4, -0.2) is 86.2 Å². The number of fused-ring (bicyclic) bond motifs is 1. The molecule has 3 aromatic rings. The number of rotatable bonds is 10. The summed E-state index contributed by atoms with van der Waals surface area (Å²) < 4.78 is 5.51. The minimum absolute atomic E-state index is 0.00125. The number of carbonyl (C=O) groups is 2. The van der Waals surface area contributed by atoms with Crippen molar-refractivity contribution >= 4 is 34.2 Å². The highest BCUT2D eigenvalue weighted by atomic mass is 35.5. The van der Waals surface area contributed by atoms with E-state index in [0.29, 0.717) is 36.1 Å².